The number of hydrogen-bond acceptors (Lipinski definition) is 5. The Bertz CT molecular complexity index is 750. The van der Waals surface area contributed by atoms with Crippen LogP contribution in [0, 0.1) is 6.92 Å². The second kappa shape index (κ2) is 7.53. The van der Waals surface area contributed by atoms with Crippen molar-refractivity contribution in [2.45, 2.75) is 26.4 Å². The fraction of sp³-hybridized carbons (Fsp3) is 0.368. The van der Waals surface area contributed by atoms with Crippen molar-refractivity contribution >= 4 is 11.8 Å². The summed E-state index contributed by atoms with van der Waals surface area (Å²) in [5.74, 6) is 0.374. The number of pyridine rings is 1. The van der Waals surface area contributed by atoms with Gasteiger partial charge in [0, 0.05) is 38.3 Å². The largest absolute Gasteiger partial charge is 0.415 e. The highest BCUT2D eigenvalue weighted by atomic mass is 16.6. The van der Waals surface area contributed by atoms with E-state index < -0.39 is 0 Å². The summed E-state index contributed by atoms with van der Waals surface area (Å²) in [6, 6.07) is 10.2. The van der Waals surface area contributed by atoms with Crippen LogP contribution in [-0.2, 0) is 6.54 Å². The van der Waals surface area contributed by atoms with E-state index in [2.05, 4.69) is 41.1 Å². The zero-order valence-corrected chi connectivity index (χ0v) is 14.7. The van der Waals surface area contributed by atoms with Crippen LogP contribution < -0.4 is 10.5 Å². The van der Waals surface area contributed by atoms with Crippen LogP contribution in [-0.4, -0.2) is 46.6 Å². The Morgan fingerprint density at radius 1 is 1.32 bits per heavy atom. The lowest BCUT2D eigenvalue weighted by atomic mass is 10.1. The number of nitrogens with zero attached hydrogens (tertiary/aromatic N) is 3. The van der Waals surface area contributed by atoms with E-state index in [1.54, 1.807) is 11.0 Å². The molecule has 132 valence electrons. The van der Waals surface area contributed by atoms with Gasteiger partial charge in [-0.15, -0.1) is 0 Å². The average Bonchev–Trinajstić information content (AvgIpc) is 2.55. The number of ether oxygens (including phenoxy) is 1. The summed E-state index contributed by atoms with van der Waals surface area (Å²) in [6.45, 7) is 7.32. The highest BCUT2D eigenvalue weighted by Crippen LogP contribution is 2.18. The Labute approximate surface area is 148 Å². The number of hydrogen-bond donors (Lipinski definition) is 1. The molecule has 1 fully saturated rings. The van der Waals surface area contributed by atoms with E-state index in [0.717, 1.165) is 19.6 Å². The predicted octanol–water partition coefficient (Wildman–Crippen LogP) is 2.68. The summed E-state index contributed by atoms with van der Waals surface area (Å²) >= 11 is 0. The molecule has 0 unspecified atom stereocenters. The topological polar surface area (TPSA) is 71.7 Å². The number of carbonyl (C=O) groups is 1. The fourth-order valence-electron chi connectivity index (χ4n) is 3.17. The quantitative estimate of drug-likeness (QED) is 0.930. The van der Waals surface area contributed by atoms with Crippen molar-refractivity contribution in [1.29, 1.82) is 0 Å². The maximum absolute atomic E-state index is 12.4. The highest BCUT2D eigenvalue weighted by molar-refractivity contribution is 5.71. The molecule has 6 heteroatoms. The van der Waals surface area contributed by atoms with E-state index in [-0.39, 0.29) is 12.1 Å². The van der Waals surface area contributed by atoms with Crippen LogP contribution in [0.5, 0.6) is 5.75 Å². The third kappa shape index (κ3) is 4.48. The molecular weight excluding hydrogens is 316 g/mol. The van der Waals surface area contributed by atoms with E-state index in [0.29, 0.717) is 18.0 Å². The smallest absolute Gasteiger partial charge is 0.408 e. The molecule has 1 aliphatic heterocycles. The van der Waals surface area contributed by atoms with Crippen LogP contribution in [0.2, 0.25) is 0 Å². The van der Waals surface area contributed by atoms with Gasteiger partial charge in [0.2, 0.25) is 0 Å². The van der Waals surface area contributed by atoms with Gasteiger partial charge in [-0.2, -0.15) is 0 Å². The van der Waals surface area contributed by atoms with Gasteiger partial charge in [-0.05, 0) is 19.4 Å². The second-order valence-corrected chi connectivity index (χ2v) is 6.59. The lowest BCUT2D eigenvalue weighted by Gasteiger charge is -2.39. The molecule has 2 heterocycles. The van der Waals surface area contributed by atoms with Crippen LogP contribution in [0.15, 0.2) is 42.7 Å². The number of nitrogens with two attached hydrogens (primary N) is 1. The summed E-state index contributed by atoms with van der Waals surface area (Å²) < 4.78 is 5.40. The monoisotopic (exact) mass is 340 g/mol. The normalized spacial score (nSPS) is 18.2. The number of benzene rings is 1. The van der Waals surface area contributed by atoms with Crippen molar-refractivity contribution in [3.63, 3.8) is 0 Å². The van der Waals surface area contributed by atoms with Crippen LogP contribution in [0.25, 0.3) is 0 Å². The Hall–Kier alpha value is -2.60. The SMILES string of the molecule is Cc1cccc(CN2CCN(C(=O)Oc3cncc(N)c3)[C@H](C)C2)c1. The van der Waals surface area contributed by atoms with Crippen molar-refractivity contribution in [1.82, 2.24) is 14.8 Å². The van der Waals surface area contributed by atoms with Crippen LogP contribution in [0.1, 0.15) is 18.1 Å². The van der Waals surface area contributed by atoms with E-state index in [1.165, 1.54) is 23.5 Å². The molecule has 1 atom stereocenters. The molecule has 0 aliphatic carbocycles. The molecule has 0 spiro atoms. The number of amides is 1. The summed E-state index contributed by atoms with van der Waals surface area (Å²) in [5.41, 5.74) is 8.71. The fourth-order valence-corrected chi connectivity index (χ4v) is 3.17. The number of aryl methyl sites for hydroxylation is 1. The van der Waals surface area contributed by atoms with Crippen LogP contribution >= 0.6 is 0 Å². The van der Waals surface area contributed by atoms with Crippen molar-refractivity contribution in [3.05, 3.63) is 53.9 Å². The molecule has 1 aromatic carbocycles. The lowest BCUT2D eigenvalue weighted by molar-refractivity contribution is 0.0752. The summed E-state index contributed by atoms with van der Waals surface area (Å²) in [5, 5.41) is 0. The molecule has 0 radical (unpaired) electrons. The molecule has 2 N–H and O–H groups in total. The zero-order chi connectivity index (χ0) is 17.8. The third-order valence-corrected chi connectivity index (χ3v) is 4.37. The lowest BCUT2D eigenvalue weighted by Crippen LogP contribution is -2.54. The van der Waals surface area contributed by atoms with Gasteiger partial charge in [-0.3, -0.25) is 9.88 Å². The second-order valence-electron chi connectivity index (χ2n) is 6.59. The first kappa shape index (κ1) is 17.2. The van der Waals surface area contributed by atoms with E-state index >= 15 is 0 Å². The number of rotatable bonds is 3. The minimum atomic E-state index is -0.352. The van der Waals surface area contributed by atoms with Gasteiger partial charge in [0.25, 0.3) is 0 Å². The number of carbonyl (C=O) groups excluding carboxylic acids is 1. The van der Waals surface area contributed by atoms with E-state index in [1.807, 2.05) is 6.92 Å². The van der Waals surface area contributed by atoms with Gasteiger partial charge in [-0.1, -0.05) is 29.8 Å². The van der Waals surface area contributed by atoms with Gasteiger partial charge < -0.3 is 15.4 Å². The van der Waals surface area contributed by atoms with Crippen LogP contribution in [0.3, 0.4) is 0 Å². The Kier molecular flexibility index (Phi) is 5.19. The Balaban J connectivity index is 1.57. The molecule has 3 rings (SSSR count). The van der Waals surface area contributed by atoms with Crippen molar-refractivity contribution in [2.75, 3.05) is 25.4 Å². The third-order valence-electron chi connectivity index (χ3n) is 4.37. The first-order valence-electron chi connectivity index (χ1n) is 8.48. The predicted molar refractivity (Wildman–Crippen MR) is 97.3 cm³/mol. The molecule has 1 saturated heterocycles. The zero-order valence-electron chi connectivity index (χ0n) is 14.7. The standard InChI is InChI=1S/C19H24N4O2/c1-14-4-3-5-16(8-14)13-22-6-7-23(15(2)12-22)19(24)25-18-9-17(20)10-21-11-18/h3-5,8-11,15H,6-7,12-13,20H2,1-2H3/t15-/m1/s1. The molecule has 25 heavy (non-hydrogen) atoms. The summed E-state index contributed by atoms with van der Waals surface area (Å²) in [4.78, 5) is 20.5. The molecule has 1 amide bonds. The molecular formula is C19H24N4O2. The van der Waals surface area contributed by atoms with Gasteiger partial charge in [0.05, 0.1) is 18.1 Å². The maximum atomic E-state index is 12.4. The number of piperazine rings is 1. The van der Waals surface area contributed by atoms with Gasteiger partial charge in [-0.25, -0.2) is 4.79 Å². The number of anilines is 1. The molecule has 6 nitrogen and oxygen atoms in total. The highest BCUT2D eigenvalue weighted by Gasteiger charge is 2.28. The molecule has 1 aromatic heterocycles. The van der Waals surface area contributed by atoms with E-state index in [9.17, 15) is 4.79 Å². The summed E-state index contributed by atoms with van der Waals surface area (Å²) in [6.07, 6.45) is 2.66. The molecule has 0 saturated carbocycles. The molecule has 0 bridgehead atoms. The Morgan fingerprint density at radius 3 is 2.88 bits per heavy atom. The van der Waals surface area contributed by atoms with Gasteiger partial charge >= 0.3 is 6.09 Å². The van der Waals surface area contributed by atoms with Gasteiger partial charge in [0.15, 0.2) is 5.75 Å². The number of aromatic nitrogens is 1. The van der Waals surface area contributed by atoms with E-state index in [4.69, 9.17) is 10.5 Å². The molecule has 2 aromatic rings. The maximum Gasteiger partial charge on any atom is 0.415 e. The van der Waals surface area contributed by atoms with Gasteiger partial charge in [0.1, 0.15) is 0 Å². The molecule has 1 aliphatic rings. The first-order chi connectivity index (χ1) is 12.0. The van der Waals surface area contributed by atoms with Crippen LogP contribution in [0.4, 0.5) is 10.5 Å². The van der Waals surface area contributed by atoms with Crippen molar-refractivity contribution < 1.29 is 9.53 Å². The van der Waals surface area contributed by atoms with Crippen molar-refractivity contribution in [2.24, 2.45) is 0 Å². The summed E-state index contributed by atoms with van der Waals surface area (Å²) in [7, 11) is 0. The average molecular weight is 340 g/mol. The minimum Gasteiger partial charge on any atom is -0.408 e. The minimum absolute atomic E-state index is 0.0834. The Morgan fingerprint density at radius 2 is 2.16 bits per heavy atom. The first-order valence-corrected chi connectivity index (χ1v) is 8.48. The van der Waals surface area contributed by atoms with Crippen molar-refractivity contribution in [3.8, 4) is 5.75 Å². The number of nitrogen functional groups attached to an aromatic ring is 1.